The smallest absolute Gasteiger partial charge is 0.168 e. The molecule has 0 saturated carbocycles. The maximum absolute atomic E-state index is 4.76. The summed E-state index contributed by atoms with van der Waals surface area (Å²) < 4.78 is 4.51. The highest BCUT2D eigenvalue weighted by atomic mass is 15.3. The van der Waals surface area contributed by atoms with Gasteiger partial charge in [0.25, 0.3) is 0 Å². The van der Waals surface area contributed by atoms with Crippen molar-refractivity contribution in [1.82, 2.24) is 19.3 Å². The first-order valence-electron chi connectivity index (χ1n) is 17.8. The van der Waals surface area contributed by atoms with Crippen LogP contribution in [-0.4, -0.2) is 19.3 Å². The molecule has 2 heterocycles. The molecule has 0 aliphatic heterocycles. The van der Waals surface area contributed by atoms with Gasteiger partial charge in [-0.05, 0) is 96.4 Å². The average molecular weight is 672 g/mol. The maximum Gasteiger partial charge on any atom is 0.168 e. The first kappa shape index (κ1) is 31.3. The van der Waals surface area contributed by atoms with Crippen LogP contribution in [0.1, 0.15) is 25.3 Å². The lowest BCUT2D eigenvalue weighted by molar-refractivity contribution is 0.866. The van der Waals surface area contributed by atoms with E-state index in [1.165, 1.54) is 27.4 Å². The molecule has 0 amide bonds. The fourth-order valence-corrected chi connectivity index (χ4v) is 7.23. The zero-order chi connectivity index (χ0) is 35.0. The van der Waals surface area contributed by atoms with Gasteiger partial charge in [0.2, 0.25) is 0 Å². The molecular formula is C47H37N5. The van der Waals surface area contributed by atoms with Gasteiger partial charge >= 0.3 is 0 Å². The van der Waals surface area contributed by atoms with Crippen molar-refractivity contribution in [2.24, 2.45) is 0 Å². The van der Waals surface area contributed by atoms with Crippen LogP contribution in [0.15, 0.2) is 182 Å². The molecule has 5 heteroatoms. The van der Waals surface area contributed by atoms with Gasteiger partial charge in [-0.25, -0.2) is 0 Å². The van der Waals surface area contributed by atoms with Gasteiger partial charge < -0.3 is 9.47 Å². The predicted octanol–water partition coefficient (Wildman–Crippen LogP) is 12.3. The van der Waals surface area contributed by atoms with E-state index in [0.29, 0.717) is 5.92 Å². The fraction of sp³-hybridized carbons (Fsp3) is 0.0638. The summed E-state index contributed by atoms with van der Waals surface area (Å²) in [6.07, 6.45) is 0. The number of benzene rings is 7. The molecule has 250 valence electrons. The van der Waals surface area contributed by atoms with Crippen molar-refractivity contribution in [2.45, 2.75) is 19.8 Å². The Kier molecular flexibility index (Phi) is 7.94. The molecule has 0 atom stereocenters. The molecule has 0 bridgehead atoms. The van der Waals surface area contributed by atoms with E-state index in [0.717, 1.165) is 51.2 Å². The second-order valence-electron chi connectivity index (χ2n) is 13.4. The Hall–Kier alpha value is -6.72. The molecule has 0 aliphatic rings. The van der Waals surface area contributed by atoms with Crippen LogP contribution in [-0.2, 0) is 0 Å². The number of anilines is 3. The summed E-state index contributed by atoms with van der Waals surface area (Å²) >= 11 is 0. The number of para-hydroxylation sites is 4. The van der Waals surface area contributed by atoms with Crippen LogP contribution in [0.25, 0.3) is 56.0 Å². The van der Waals surface area contributed by atoms with Gasteiger partial charge in [-0.15, -0.1) is 10.2 Å². The molecule has 0 radical (unpaired) electrons. The topological polar surface area (TPSA) is 38.9 Å². The summed E-state index contributed by atoms with van der Waals surface area (Å²) in [7, 11) is 0. The normalized spacial score (nSPS) is 11.4. The van der Waals surface area contributed by atoms with Gasteiger partial charge in [-0.2, -0.15) is 0 Å². The number of hydrogen-bond donors (Lipinski definition) is 0. The van der Waals surface area contributed by atoms with Crippen LogP contribution in [0.4, 0.5) is 17.1 Å². The zero-order valence-corrected chi connectivity index (χ0v) is 29.1. The first-order valence-corrected chi connectivity index (χ1v) is 17.8. The van der Waals surface area contributed by atoms with Gasteiger partial charge in [0.05, 0.1) is 11.0 Å². The molecule has 5 nitrogen and oxygen atoms in total. The number of aromatic nitrogens is 4. The van der Waals surface area contributed by atoms with Gasteiger partial charge in [0.15, 0.2) is 11.6 Å². The Labute approximate surface area is 303 Å². The lowest BCUT2D eigenvalue weighted by Gasteiger charge is -2.26. The van der Waals surface area contributed by atoms with Gasteiger partial charge in [0.1, 0.15) is 0 Å². The van der Waals surface area contributed by atoms with E-state index in [1.807, 2.05) is 6.07 Å². The predicted molar refractivity (Wildman–Crippen MR) is 215 cm³/mol. The van der Waals surface area contributed by atoms with Crippen LogP contribution in [0.3, 0.4) is 0 Å². The lowest BCUT2D eigenvalue weighted by atomic mass is 10.0. The summed E-state index contributed by atoms with van der Waals surface area (Å²) in [5, 5.41) is 12.0. The Morgan fingerprint density at radius 3 is 1.37 bits per heavy atom. The number of rotatable bonds is 8. The number of fused-ring (bicyclic) bond motifs is 3. The van der Waals surface area contributed by atoms with Crippen LogP contribution in [0, 0.1) is 0 Å². The second-order valence-corrected chi connectivity index (χ2v) is 13.4. The first-order chi connectivity index (χ1) is 25.6. The van der Waals surface area contributed by atoms with E-state index in [4.69, 9.17) is 10.2 Å². The fourth-order valence-electron chi connectivity index (χ4n) is 7.23. The molecule has 0 saturated heterocycles. The number of nitrogens with zero attached hydrogens (tertiary/aromatic N) is 5. The van der Waals surface area contributed by atoms with Crippen LogP contribution < -0.4 is 4.90 Å². The van der Waals surface area contributed by atoms with Crippen molar-refractivity contribution in [3.63, 3.8) is 0 Å². The Morgan fingerprint density at radius 2 is 0.827 bits per heavy atom. The largest absolute Gasteiger partial charge is 0.311 e. The van der Waals surface area contributed by atoms with Crippen molar-refractivity contribution in [2.75, 3.05) is 4.90 Å². The molecule has 0 N–H and O–H groups in total. The van der Waals surface area contributed by atoms with Crippen molar-refractivity contribution in [1.29, 1.82) is 0 Å². The summed E-state index contributed by atoms with van der Waals surface area (Å²) in [5.41, 5.74) is 11.1. The molecule has 7 aromatic carbocycles. The lowest BCUT2D eigenvalue weighted by Crippen LogP contribution is -2.10. The SMILES string of the molecule is CC(C)c1ccc(-c2nnc(-c3ccc(N(c4ccccc4)c4ccc(-n5c6ccccc6c6ccccc65)cc4)cc3)n2-c2ccccc2)cc1. The zero-order valence-electron chi connectivity index (χ0n) is 29.1. The third-order valence-corrected chi connectivity index (χ3v) is 9.86. The molecule has 2 aromatic heterocycles. The summed E-state index contributed by atoms with van der Waals surface area (Å²) in [6, 6.07) is 64.3. The molecule has 0 fully saturated rings. The Balaban J connectivity index is 1.10. The quantitative estimate of drug-likeness (QED) is 0.161. The molecular weight excluding hydrogens is 635 g/mol. The molecule has 0 spiro atoms. The third kappa shape index (κ3) is 5.53. The van der Waals surface area contributed by atoms with Crippen molar-refractivity contribution in [3.8, 4) is 34.2 Å². The van der Waals surface area contributed by atoms with Crippen LogP contribution >= 0.6 is 0 Å². The second kappa shape index (κ2) is 13.2. The Bertz CT molecular complexity index is 2560. The summed E-state index contributed by atoms with van der Waals surface area (Å²) in [4.78, 5) is 2.29. The molecule has 9 aromatic rings. The minimum atomic E-state index is 0.462. The summed E-state index contributed by atoms with van der Waals surface area (Å²) in [5.74, 6) is 2.07. The monoisotopic (exact) mass is 671 g/mol. The molecule has 0 aliphatic carbocycles. The molecule has 0 unspecified atom stereocenters. The van der Waals surface area contributed by atoms with Gasteiger partial charge in [-0.1, -0.05) is 111 Å². The standard InChI is InChI=1S/C47H37N5/c1-33(2)34-21-23-35(24-22-34)46-48-49-47(52(46)38-15-7-4-8-16-38)36-25-27-39(28-26-36)50(37-13-5-3-6-14-37)40-29-31-41(32-30-40)51-44-19-11-9-17-42(44)43-18-10-12-20-45(43)51/h3-33H,1-2H3. The van der Waals surface area contributed by atoms with E-state index < -0.39 is 0 Å². The highest BCUT2D eigenvalue weighted by Gasteiger charge is 2.19. The van der Waals surface area contributed by atoms with Gasteiger partial charge in [0, 0.05) is 50.3 Å². The third-order valence-electron chi connectivity index (χ3n) is 9.86. The van der Waals surface area contributed by atoms with E-state index in [-0.39, 0.29) is 0 Å². The highest BCUT2D eigenvalue weighted by molar-refractivity contribution is 6.09. The van der Waals surface area contributed by atoms with E-state index in [1.54, 1.807) is 0 Å². The van der Waals surface area contributed by atoms with Crippen LogP contribution in [0.5, 0.6) is 0 Å². The number of hydrogen-bond acceptors (Lipinski definition) is 3. The van der Waals surface area contributed by atoms with Crippen molar-refractivity contribution >= 4 is 38.9 Å². The molecule has 52 heavy (non-hydrogen) atoms. The average Bonchev–Trinajstić information content (AvgIpc) is 3.80. The molecule has 9 rings (SSSR count). The highest BCUT2D eigenvalue weighted by Crippen LogP contribution is 2.38. The minimum Gasteiger partial charge on any atom is -0.311 e. The van der Waals surface area contributed by atoms with E-state index >= 15 is 0 Å². The van der Waals surface area contributed by atoms with E-state index in [2.05, 4.69) is 204 Å². The van der Waals surface area contributed by atoms with Crippen LogP contribution in [0.2, 0.25) is 0 Å². The Morgan fingerprint density at radius 1 is 0.404 bits per heavy atom. The van der Waals surface area contributed by atoms with E-state index in [9.17, 15) is 0 Å². The maximum atomic E-state index is 4.76. The van der Waals surface area contributed by atoms with Crippen molar-refractivity contribution < 1.29 is 0 Å². The minimum absolute atomic E-state index is 0.462. The summed E-state index contributed by atoms with van der Waals surface area (Å²) in [6.45, 7) is 4.43. The van der Waals surface area contributed by atoms with Crippen molar-refractivity contribution in [3.05, 3.63) is 188 Å². The van der Waals surface area contributed by atoms with Gasteiger partial charge in [-0.3, -0.25) is 4.57 Å².